The summed E-state index contributed by atoms with van der Waals surface area (Å²) in [5, 5.41) is 44.1. The average Bonchev–Trinajstić information content (AvgIpc) is 3.27. The fraction of sp³-hybridized carbons (Fsp3) is 0.385. The minimum atomic E-state index is -0.537. The molecule has 0 radical (unpaired) electrons. The van der Waals surface area contributed by atoms with Gasteiger partial charge < -0.3 is 30.9 Å². The summed E-state index contributed by atoms with van der Waals surface area (Å²) < 4.78 is 1.17. The molecule has 2 amide bonds. The molecule has 1 fully saturated rings. The fourth-order valence-corrected chi connectivity index (χ4v) is 4.37. The van der Waals surface area contributed by atoms with Gasteiger partial charge in [-0.2, -0.15) is 4.68 Å². The molecule has 37 heavy (non-hydrogen) atoms. The highest BCUT2D eigenvalue weighted by Gasteiger charge is 2.25. The number of aliphatic hydroxyl groups excluding tert-OH is 1. The standard InChI is InChI=1S/C26H32N6O5/c1-4-27-26(37)23-24(32(30-29-23)20-12-19(15(2)3)21(34)13-22(20)35)28-25(36)16-7-9-17(10-8-16)31-11-5-6-18(33)14-31/h7-10,12-13,15,18,33-35H,4-6,11,14H2,1-3H3,(H,27,37)(H,28,36). The minimum absolute atomic E-state index is 0.0186. The molecule has 11 heteroatoms. The van der Waals surface area contributed by atoms with Gasteiger partial charge in [0.2, 0.25) is 0 Å². The first kappa shape index (κ1) is 26.0. The van der Waals surface area contributed by atoms with Crippen molar-refractivity contribution in [3.63, 3.8) is 0 Å². The summed E-state index contributed by atoms with van der Waals surface area (Å²) in [5.41, 5.74) is 1.83. The number of rotatable bonds is 7. The molecule has 4 rings (SSSR count). The van der Waals surface area contributed by atoms with Gasteiger partial charge in [0.05, 0.1) is 6.10 Å². The van der Waals surface area contributed by atoms with Crippen LogP contribution in [-0.2, 0) is 0 Å². The van der Waals surface area contributed by atoms with Gasteiger partial charge in [-0.1, -0.05) is 19.1 Å². The van der Waals surface area contributed by atoms with Gasteiger partial charge in [-0.05, 0) is 61.6 Å². The van der Waals surface area contributed by atoms with Crippen LogP contribution >= 0.6 is 0 Å². The van der Waals surface area contributed by atoms with Crippen LogP contribution in [0.1, 0.15) is 65.9 Å². The van der Waals surface area contributed by atoms with E-state index in [1.807, 2.05) is 26.0 Å². The van der Waals surface area contributed by atoms with E-state index in [0.29, 0.717) is 24.2 Å². The predicted octanol–water partition coefficient (Wildman–Crippen LogP) is 2.77. The molecule has 2 aromatic carbocycles. The summed E-state index contributed by atoms with van der Waals surface area (Å²) in [7, 11) is 0. The second kappa shape index (κ2) is 10.9. The van der Waals surface area contributed by atoms with Crippen LogP contribution in [0.25, 0.3) is 5.69 Å². The number of β-amino-alcohol motifs (C(OH)–C–C–N with tert-alkyl or cyclic N) is 1. The number of amides is 2. The molecule has 1 aromatic heterocycles. The zero-order chi connectivity index (χ0) is 26.7. The van der Waals surface area contributed by atoms with Gasteiger partial charge in [0.25, 0.3) is 11.8 Å². The van der Waals surface area contributed by atoms with Crippen LogP contribution in [0.4, 0.5) is 11.5 Å². The lowest BCUT2D eigenvalue weighted by atomic mass is 10.0. The van der Waals surface area contributed by atoms with Crippen LogP contribution in [0.15, 0.2) is 36.4 Å². The van der Waals surface area contributed by atoms with E-state index in [1.54, 1.807) is 25.1 Å². The number of phenols is 2. The lowest BCUT2D eigenvalue weighted by Crippen LogP contribution is -2.38. The summed E-state index contributed by atoms with van der Waals surface area (Å²) in [5.74, 6) is -1.49. The lowest BCUT2D eigenvalue weighted by molar-refractivity contribution is 0.0951. The smallest absolute Gasteiger partial charge is 0.275 e. The van der Waals surface area contributed by atoms with Gasteiger partial charge in [-0.15, -0.1) is 5.10 Å². The maximum atomic E-state index is 13.2. The number of hydrogen-bond acceptors (Lipinski definition) is 8. The molecule has 0 bridgehead atoms. The number of anilines is 2. The molecular formula is C26H32N6O5. The second-order valence-corrected chi connectivity index (χ2v) is 9.36. The molecule has 0 saturated carbocycles. The Balaban J connectivity index is 1.67. The molecule has 1 saturated heterocycles. The monoisotopic (exact) mass is 508 g/mol. The summed E-state index contributed by atoms with van der Waals surface area (Å²) in [6.45, 7) is 7.24. The third-order valence-corrected chi connectivity index (χ3v) is 6.32. The van der Waals surface area contributed by atoms with Gasteiger partial charge >= 0.3 is 0 Å². The highest BCUT2D eigenvalue weighted by Crippen LogP contribution is 2.35. The largest absolute Gasteiger partial charge is 0.508 e. The van der Waals surface area contributed by atoms with E-state index in [2.05, 4.69) is 25.8 Å². The highest BCUT2D eigenvalue weighted by molar-refractivity contribution is 6.08. The number of nitrogens with one attached hydrogen (secondary N) is 2. The van der Waals surface area contributed by atoms with Crippen molar-refractivity contribution >= 4 is 23.3 Å². The van der Waals surface area contributed by atoms with Crippen LogP contribution in [0.5, 0.6) is 11.5 Å². The first-order valence-corrected chi connectivity index (χ1v) is 12.3. The van der Waals surface area contributed by atoms with Crippen LogP contribution in [0.3, 0.4) is 0 Å². The van der Waals surface area contributed by atoms with Crippen LogP contribution in [0, 0.1) is 0 Å². The van der Waals surface area contributed by atoms with Crippen molar-refractivity contribution in [2.24, 2.45) is 0 Å². The zero-order valence-electron chi connectivity index (χ0n) is 21.1. The van der Waals surface area contributed by atoms with Crippen molar-refractivity contribution in [1.29, 1.82) is 0 Å². The Morgan fingerprint density at radius 3 is 2.49 bits per heavy atom. The lowest BCUT2D eigenvalue weighted by Gasteiger charge is -2.32. The third kappa shape index (κ3) is 5.51. The number of aliphatic hydroxyl groups is 1. The topological polar surface area (TPSA) is 153 Å². The molecule has 5 N–H and O–H groups in total. The molecule has 0 spiro atoms. The Morgan fingerprint density at radius 2 is 1.84 bits per heavy atom. The molecule has 1 aliphatic rings. The van der Waals surface area contributed by atoms with E-state index >= 15 is 0 Å². The van der Waals surface area contributed by atoms with Gasteiger partial charge in [0.1, 0.15) is 17.2 Å². The van der Waals surface area contributed by atoms with Gasteiger partial charge in [-0.3, -0.25) is 9.59 Å². The van der Waals surface area contributed by atoms with E-state index in [0.717, 1.165) is 25.1 Å². The van der Waals surface area contributed by atoms with Crippen molar-refractivity contribution in [3.05, 3.63) is 53.2 Å². The zero-order valence-corrected chi connectivity index (χ0v) is 21.1. The number of piperidine rings is 1. The summed E-state index contributed by atoms with van der Waals surface area (Å²) >= 11 is 0. The number of phenolic OH excluding ortho intramolecular Hbond substituents is 2. The fourth-order valence-electron chi connectivity index (χ4n) is 4.37. The van der Waals surface area contributed by atoms with Gasteiger partial charge in [-0.25, -0.2) is 0 Å². The number of nitrogens with zero attached hydrogens (tertiary/aromatic N) is 4. The Hall–Kier alpha value is -4.12. The molecule has 3 aromatic rings. The maximum Gasteiger partial charge on any atom is 0.275 e. The molecule has 11 nitrogen and oxygen atoms in total. The SMILES string of the molecule is CCNC(=O)c1nnn(-c2cc(C(C)C)c(O)cc2O)c1NC(=O)c1ccc(N2CCCC(O)C2)cc1. The number of aromatic hydroxyl groups is 2. The predicted molar refractivity (Wildman–Crippen MR) is 139 cm³/mol. The van der Waals surface area contributed by atoms with Crippen LogP contribution < -0.4 is 15.5 Å². The van der Waals surface area contributed by atoms with Crippen molar-refractivity contribution < 1.29 is 24.9 Å². The normalized spacial score (nSPS) is 15.6. The van der Waals surface area contributed by atoms with Gasteiger partial charge in [0.15, 0.2) is 11.5 Å². The van der Waals surface area contributed by atoms with E-state index in [4.69, 9.17) is 0 Å². The van der Waals surface area contributed by atoms with Crippen LogP contribution in [0.2, 0.25) is 0 Å². The molecular weight excluding hydrogens is 476 g/mol. The summed E-state index contributed by atoms with van der Waals surface area (Å²) in [6.07, 6.45) is 1.30. The maximum absolute atomic E-state index is 13.2. The number of aromatic nitrogens is 3. The summed E-state index contributed by atoms with van der Waals surface area (Å²) in [4.78, 5) is 28.0. The van der Waals surface area contributed by atoms with Crippen molar-refractivity contribution in [2.75, 3.05) is 29.9 Å². The number of benzene rings is 2. The summed E-state index contributed by atoms with van der Waals surface area (Å²) in [6, 6.07) is 9.70. The van der Waals surface area contributed by atoms with Crippen molar-refractivity contribution in [3.8, 4) is 17.2 Å². The third-order valence-electron chi connectivity index (χ3n) is 6.32. The van der Waals surface area contributed by atoms with E-state index in [9.17, 15) is 24.9 Å². The first-order valence-electron chi connectivity index (χ1n) is 12.3. The number of carbonyl (C=O) groups is 2. The number of carbonyl (C=O) groups excluding carboxylic acids is 2. The van der Waals surface area contributed by atoms with Crippen LogP contribution in [-0.4, -0.2) is 67.9 Å². The Labute approximate surface area is 214 Å². The molecule has 1 atom stereocenters. The molecule has 1 unspecified atom stereocenters. The van der Waals surface area contributed by atoms with E-state index < -0.39 is 11.8 Å². The molecule has 1 aliphatic heterocycles. The minimum Gasteiger partial charge on any atom is -0.508 e. The number of hydrogen-bond donors (Lipinski definition) is 5. The highest BCUT2D eigenvalue weighted by atomic mass is 16.3. The first-order chi connectivity index (χ1) is 17.7. The average molecular weight is 509 g/mol. The van der Waals surface area contributed by atoms with E-state index in [1.165, 1.54) is 10.7 Å². The second-order valence-electron chi connectivity index (χ2n) is 9.36. The molecule has 0 aliphatic carbocycles. The Bertz CT molecular complexity index is 1290. The van der Waals surface area contributed by atoms with Crippen molar-refractivity contribution in [1.82, 2.24) is 20.3 Å². The van der Waals surface area contributed by atoms with E-state index in [-0.39, 0.29) is 40.7 Å². The molecule has 196 valence electrons. The molecule has 2 heterocycles. The van der Waals surface area contributed by atoms with Crippen molar-refractivity contribution in [2.45, 2.75) is 45.6 Å². The van der Waals surface area contributed by atoms with Gasteiger partial charge in [0, 0.05) is 37.0 Å². The Morgan fingerprint density at radius 1 is 1.11 bits per heavy atom. The quantitative estimate of drug-likeness (QED) is 0.327. The Kier molecular flexibility index (Phi) is 7.63.